The Bertz CT molecular complexity index is 1010. The van der Waals surface area contributed by atoms with Gasteiger partial charge >= 0.3 is 13.8 Å². The van der Waals surface area contributed by atoms with E-state index in [-0.39, 0.29) is 32.1 Å². The Morgan fingerprint density at radius 3 is 1.58 bits per heavy atom. The summed E-state index contributed by atoms with van der Waals surface area (Å²) >= 11 is 0. The van der Waals surface area contributed by atoms with Gasteiger partial charge in [-0.15, -0.1) is 0 Å². The van der Waals surface area contributed by atoms with Gasteiger partial charge in [0.05, 0.1) is 13.2 Å². The largest absolute Gasteiger partial charge is 0.472 e. The molecule has 9 nitrogen and oxygen atoms in total. The maximum atomic E-state index is 12.1. The molecule has 0 aromatic rings. The van der Waals surface area contributed by atoms with E-state index in [0.717, 1.165) is 77.0 Å². The first-order valence-electron chi connectivity index (χ1n) is 21.1. The van der Waals surface area contributed by atoms with Crippen LogP contribution in [-0.2, 0) is 27.9 Å². The molecule has 0 aromatic carbocycles. The minimum absolute atomic E-state index is 0.0744. The number of carbonyl (C=O) groups excluding carboxylic acids is 2. The summed E-state index contributed by atoms with van der Waals surface area (Å²) in [5, 5.41) is 12.7. The van der Waals surface area contributed by atoms with Crippen molar-refractivity contribution in [3.05, 3.63) is 48.6 Å². The molecule has 10 heteroatoms. The average Bonchev–Trinajstić information content (AvgIpc) is 3.14. The molecule has 308 valence electrons. The maximum absolute atomic E-state index is 12.1. The third-order valence-corrected chi connectivity index (χ3v) is 9.72. The SMILES string of the molecule is CCCCC/C=C\C/C=C\C/C=C\CCCCCCCCC(=O)OCC(O)COP(=O)(O)OCCNC(=O)CCCCCCC/C=C\CCCCCC. The molecule has 0 saturated carbocycles. The number of rotatable bonds is 39. The summed E-state index contributed by atoms with van der Waals surface area (Å²) in [4.78, 5) is 33.8. The van der Waals surface area contributed by atoms with Crippen LogP contribution in [0.2, 0.25) is 0 Å². The van der Waals surface area contributed by atoms with Gasteiger partial charge in [-0.1, -0.05) is 140 Å². The minimum atomic E-state index is -4.42. The minimum Gasteiger partial charge on any atom is -0.463 e. The number of hydrogen-bond donors (Lipinski definition) is 3. The highest BCUT2D eigenvalue weighted by Gasteiger charge is 2.23. The van der Waals surface area contributed by atoms with Crippen LogP contribution in [0.5, 0.6) is 0 Å². The third-order valence-electron chi connectivity index (χ3n) is 8.73. The first-order valence-corrected chi connectivity index (χ1v) is 22.6. The number of allylic oxidation sites excluding steroid dienone is 8. The zero-order valence-electron chi connectivity index (χ0n) is 33.7. The molecule has 2 atom stereocenters. The monoisotopic (exact) mass is 768 g/mol. The quantitative estimate of drug-likeness (QED) is 0.0244. The summed E-state index contributed by atoms with van der Waals surface area (Å²) in [6.45, 7) is 3.48. The van der Waals surface area contributed by atoms with Crippen LogP contribution in [0.3, 0.4) is 0 Å². The summed E-state index contributed by atoms with van der Waals surface area (Å²) in [6, 6.07) is 0. The van der Waals surface area contributed by atoms with Crippen LogP contribution in [-0.4, -0.2) is 54.3 Å². The molecule has 0 spiro atoms. The zero-order chi connectivity index (χ0) is 38.9. The Labute approximate surface area is 324 Å². The van der Waals surface area contributed by atoms with E-state index in [1.165, 1.54) is 77.0 Å². The van der Waals surface area contributed by atoms with E-state index in [2.05, 4.69) is 67.8 Å². The van der Waals surface area contributed by atoms with Crippen LogP contribution in [0.15, 0.2) is 48.6 Å². The van der Waals surface area contributed by atoms with Crippen LogP contribution in [0, 0.1) is 0 Å². The van der Waals surface area contributed by atoms with Crippen molar-refractivity contribution in [3.8, 4) is 0 Å². The number of phosphoric acid groups is 1. The number of ether oxygens (including phenoxy) is 1. The highest BCUT2D eigenvalue weighted by atomic mass is 31.2. The van der Waals surface area contributed by atoms with Crippen molar-refractivity contribution >= 4 is 19.7 Å². The molecule has 0 aliphatic heterocycles. The van der Waals surface area contributed by atoms with Gasteiger partial charge in [-0.2, -0.15) is 0 Å². The lowest BCUT2D eigenvalue weighted by atomic mass is 10.1. The number of hydrogen-bond acceptors (Lipinski definition) is 7. The summed E-state index contributed by atoms with van der Waals surface area (Å²) in [6.07, 6.45) is 44.6. The van der Waals surface area contributed by atoms with Crippen molar-refractivity contribution in [1.82, 2.24) is 5.32 Å². The van der Waals surface area contributed by atoms with Crippen molar-refractivity contribution < 1.29 is 37.9 Å². The molecular formula is C43H78NO8P. The molecule has 0 bridgehead atoms. The van der Waals surface area contributed by atoms with Crippen molar-refractivity contribution in [2.45, 2.75) is 187 Å². The Hall–Kier alpha value is -2.03. The first-order chi connectivity index (χ1) is 25.8. The van der Waals surface area contributed by atoms with Gasteiger partial charge in [-0.25, -0.2) is 4.57 Å². The van der Waals surface area contributed by atoms with Gasteiger partial charge in [0.25, 0.3) is 0 Å². The summed E-state index contributed by atoms with van der Waals surface area (Å²) in [7, 11) is -4.42. The highest BCUT2D eigenvalue weighted by molar-refractivity contribution is 7.47. The van der Waals surface area contributed by atoms with Gasteiger partial charge in [0, 0.05) is 19.4 Å². The van der Waals surface area contributed by atoms with Crippen LogP contribution in [0.4, 0.5) is 0 Å². The molecule has 0 fully saturated rings. The number of aliphatic hydroxyl groups is 1. The van der Waals surface area contributed by atoms with Crippen molar-refractivity contribution in [2.75, 3.05) is 26.4 Å². The fraction of sp³-hybridized carbons (Fsp3) is 0.767. The Kier molecular flexibility index (Phi) is 38.1. The van der Waals surface area contributed by atoms with Crippen LogP contribution < -0.4 is 5.32 Å². The molecule has 0 aliphatic rings. The smallest absolute Gasteiger partial charge is 0.463 e. The Balaban J connectivity index is 3.65. The number of aliphatic hydroxyl groups excluding tert-OH is 1. The van der Waals surface area contributed by atoms with Crippen molar-refractivity contribution in [2.24, 2.45) is 0 Å². The van der Waals surface area contributed by atoms with E-state index in [1.54, 1.807) is 0 Å². The number of phosphoric ester groups is 1. The van der Waals surface area contributed by atoms with Crippen LogP contribution in [0.1, 0.15) is 181 Å². The summed E-state index contributed by atoms with van der Waals surface area (Å²) in [5.41, 5.74) is 0. The summed E-state index contributed by atoms with van der Waals surface area (Å²) < 4.78 is 26.8. The van der Waals surface area contributed by atoms with Crippen LogP contribution in [0.25, 0.3) is 0 Å². The molecule has 0 rings (SSSR count). The third kappa shape index (κ3) is 41.0. The maximum Gasteiger partial charge on any atom is 0.472 e. The fourth-order valence-corrected chi connectivity index (χ4v) is 6.26. The second-order valence-electron chi connectivity index (χ2n) is 14.0. The number of nitrogens with one attached hydrogen (secondary N) is 1. The van der Waals surface area contributed by atoms with Gasteiger partial charge in [0.15, 0.2) is 0 Å². The molecule has 0 radical (unpaired) electrons. The molecule has 0 aromatic heterocycles. The molecular weight excluding hydrogens is 689 g/mol. The topological polar surface area (TPSA) is 131 Å². The van der Waals surface area contributed by atoms with Crippen molar-refractivity contribution in [1.29, 1.82) is 0 Å². The Morgan fingerprint density at radius 1 is 0.585 bits per heavy atom. The normalized spacial score (nSPS) is 13.8. The average molecular weight is 768 g/mol. The molecule has 0 saturated heterocycles. The lowest BCUT2D eigenvalue weighted by molar-refractivity contribution is -0.147. The summed E-state index contributed by atoms with van der Waals surface area (Å²) in [5.74, 6) is -0.540. The lowest BCUT2D eigenvalue weighted by Crippen LogP contribution is -2.27. The van der Waals surface area contributed by atoms with Gasteiger partial charge in [0.2, 0.25) is 5.91 Å². The number of carbonyl (C=O) groups is 2. The van der Waals surface area contributed by atoms with Crippen LogP contribution >= 0.6 is 7.82 Å². The molecule has 2 unspecified atom stereocenters. The van der Waals surface area contributed by atoms with E-state index in [4.69, 9.17) is 13.8 Å². The van der Waals surface area contributed by atoms with Crippen molar-refractivity contribution in [3.63, 3.8) is 0 Å². The van der Waals surface area contributed by atoms with E-state index >= 15 is 0 Å². The second-order valence-corrected chi connectivity index (χ2v) is 15.4. The molecule has 3 N–H and O–H groups in total. The lowest BCUT2D eigenvalue weighted by Gasteiger charge is -2.15. The van der Waals surface area contributed by atoms with Gasteiger partial charge in [-0.3, -0.25) is 18.6 Å². The second kappa shape index (κ2) is 39.7. The fourth-order valence-electron chi connectivity index (χ4n) is 5.50. The van der Waals surface area contributed by atoms with E-state index in [0.29, 0.717) is 6.42 Å². The molecule has 0 heterocycles. The van der Waals surface area contributed by atoms with E-state index in [9.17, 15) is 24.2 Å². The van der Waals surface area contributed by atoms with E-state index < -0.39 is 26.5 Å². The predicted molar refractivity (Wildman–Crippen MR) is 220 cm³/mol. The number of amides is 1. The van der Waals surface area contributed by atoms with Gasteiger partial charge < -0.3 is 20.1 Å². The Morgan fingerprint density at radius 2 is 1.02 bits per heavy atom. The highest BCUT2D eigenvalue weighted by Crippen LogP contribution is 2.42. The van der Waals surface area contributed by atoms with E-state index in [1.807, 2.05) is 0 Å². The standard InChI is InChI=1S/C43H78NO8P/c1-3-5-7-9-11-13-15-17-18-19-20-21-22-24-26-28-30-32-34-36-43(47)50-39-41(45)40-52-53(48,49)51-38-37-44-42(46)35-33-31-29-27-25-23-16-14-12-10-8-6-4-2/h11,13-14,16-18,20-21,41,45H,3-10,12,15,19,22-40H2,1-2H3,(H,44,46)(H,48,49)/b13-11-,16-14-,18-17-,21-20-. The molecule has 53 heavy (non-hydrogen) atoms. The first kappa shape index (κ1) is 51.0. The van der Waals surface area contributed by atoms with Gasteiger partial charge in [-0.05, 0) is 77.0 Å². The molecule has 0 aliphatic carbocycles. The number of unbranched alkanes of at least 4 members (excludes halogenated alkanes) is 18. The van der Waals surface area contributed by atoms with Gasteiger partial charge in [0.1, 0.15) is 12.7 Å². The zero-order valence-corrected chi connectivity index (χ0v) is 34.6. The molecule has 1 amide bonds. The number of esters is 1. The predicted octanol–water partition coefficient (Wildman–Crippen LogP) is 11.5.